The molecule has 2 aliphatic heterocycles. The molecule has 2 heterocycles. The Morgan fingerprint density at radius 3 is 2.66 bits per heavy atom. The summed E-state index contributed by atoms with van der Waals surface area (Å²) in [7, 11) is -3.30. The SMILES string of the molecule is CS(=O)(=O)Nc1cccc(N2CCN(CCCCNC(=O)C3=Cc4cc(F)ccc4OC3)CC2)c1. The number of sulfonamides is 1. The third-order valence-corrected chi connectivity index (χ3v) is 6.66. The van der Waals surface area contributed by atoms with E-state index in [2.05, 4.69) is 19.8 Å². The van der Waals surface area contributed by atoms with E-state index in [0.29, 0.717) is 29.1 Å². The average molecular weight is 503 g/mol. The van der Waals surface area contributed by atoms with Crippen LogP contribution in [0.3, 0.4) is 0 Å². The number of hydrogen-bond donors (Lipinski definition) is 2. The number of hydrogen-bond acceptors (Lipinski definition) is 6. The Bertz CT molecular complexity index is 1190. The lowest BCUT2D eigenvalue weighted by molar-refractivity contribution is -0.117. The van der Waals surface area contributed by atoms with Gasteiger partial charge in [0.1, 0.15) is 18.2 Å². The van der Waals surface area contributed by atoms with E-state index in [-0.39, 0.29) is 18.3 Å². The summed E-state index contributed by atoms with van der Waals surface area (Å²) in [6.45, 7) is 5.31. The van der Waals surface area contributed by atoms with E-state index in [1.54, 1.807) is 18.2 Å². The molecule has 0 unspecified atom stereocenters. The molecule has 1 amide bonds. The minimum atomic E-state index is -3.30. The molecular formula is C25H31FN4O4S. The van der Waals surface area contributed by atoms with E-state index in [9.17, 15) is 17.6 Å². The number of benzene rings is 2. The van der Waals surface area contributed by atoms with E-state index in [4.69, 9.17) is 4.74 Å². The topological polar surface area (TPSA) is 91.0 Å². The Labute approximate surface area is 205 Å². The number of carbonyl (C=O) groups is 1. The fourth-order valence-electron chi connectivity index (χ4n) is 4.27. The molecule has 4 rings (SSSR count). The summed E-state index contributed by atoms with van der Waals surface area (Å²) in [5.74, 6) is 0.0472. The zero-order valence-electron chi connectivity index (χ0n) is 19.8. The van der Waals surface area contributed by atoms with Crippen LogP contribution in [-0.4, -0.2) is 71.4 Å². The molecular weight excluding hydrogens is 471 g/mol. The first-order valence-electron chi connectivity index (χ1n) is 11.7. The normalized spacial score (nSPS) is 16.2. The highest BCUT2D eigenvalue weighted by Crippen LogP contribution is 2.27. The smallest absolute Gasteiger partial charge is 0.250 e. The lowest BCUT2D eigenvalue weighted by Crippen LogP contribution is -2.46. The first-order valence-corrected chi connectivity index (χ1v) is 13.6. The summed E-state index contributed by atoms with van der Waals surface area (Å²) in [6.07, 6.45) is 4.67. The van der Waals surface area contributed by atoms with Crippen molar-refractivity contribution >= 4 is 33.4 Å². The zero-order valence-corrected chi connectivity index (χ0v) is 20.6. The number of carbonyl (C=O) groups excluding carboxylic acids is 1. The molecule has 0 radical (unpaired) electrons. The molecule has 0 spiro atoms. The van der Waals surface area contributed by atoms with Crippen molar-refractivity contribution in [1.82, 2.24) is 10.2 Å². The van der Waals surface area contributed by atoms with E-state index >= 15 is 0 Å². The van der Waals surface area contributed by atoms with Crippen LogP contribution in [0, 0.1) is 5.82 Å². The molecule has 0 atom stereocenters. The Kier molecular flexibility index (Phi) is 7.92. The standard InChI is InChI=1S/C25H31FN4O4S/c1-35(32,33)28-22-5-4-6-23(17-22)30-13-11-29(12-14-30)10-3-2-9-27-25(31)20-15-19-16-21(26)7-8-24(19)34-18-20/h4-8,15-17,28H,2-3,9-14,18H2,1H3,(H,27,31). The zero-order chi connectivity index (χ0) is 24.8. The fourth-order valence-corrected chi connectivity index (χ4v) is 4.82. The number of rotatable bonds is 9. The number of fused-ring (bicyclic) bond motifs is 1. The predicted molar refractivity (Wildman–Crippen MR) is 136 cm³/mol. The molecule has 1 fully saturated rings. The van der Waals surface area contributed by atoms with Crippen molar-refractivity contribution in [3.8, 4) is 5.75 Å². The second-order valence-electron chi connectivity index (χ2n) is 8.86. The van der Waals surface area contributed by atoms with Gasteiger partial charge in [0.15, 0.2) is 0 Å². The van der Waals surface area contributed by atoms with Gasteiger partial charge < -0.3 is 15.0 Å². The van der Waals surface area contributed by atoms with Gasteiger partial charge in [-0.15, -0.1) is 0 Å². The Hall–Kier alpha value is -3.11. The summed E-state index contributed by atoms with van der Waals surface area (Å²) in [5, 5.41) is 2.93. The van der Waals surface area contributed by atoms with Gasteiger partial charge in [-0.2, -0.15) is 0 Å². The van der Waals surface area contributed by atoms with Crippen molar-refractivity contribution in [2.45, 2.75) is 12.8 Å². The number of nitrogens with zero attached hydrogens (tertiary/aromatic N) is 2. The molecule has 0 bridgehead atoms. The third kappa shape index (κ3) is 7.19. The van der Waals surface area contributed by atoms with Gasteiger partial charge in [0.05, 0.1) is 17.5 Å². The summed E-state index contributed by atoms with van der Waals surface area (Å²) in [5.41, 5.74) is 2.66. The number of piperazine rings is 1. The van der Waals surface area contributed by atoms with Crippen LogP contribution in [0.2, 0.25) is 0 Å². The summed E-state index contributed by atoms with van der Waals surface area (Å²) < 4.78 is 44.5. The molecule has 2 N–H and O–H groups in total. The van der Waals surface area contributed by atoms with E-state index < -0.39 is 10.0 Å². The second kappa shape index (κ2) is 11.1. The Morgan fingerprint density at radius 2 is 1.89 bits per heavy atom. The summed E-state index contributed by atoms with van der Waals surface area (Å²) >= 11 is 0. The molecule has 188 valence electrons. The fraction of sp³-hybridized carbons (Fsp3) is 0.400. The van der Waals surface area contributed by atoms with Crippen molar-refractivity contribution in [2.24, 2.45) is 0 Å². The molecule has 2 aromatic rings. The highest BCUT2D eigenvalue weighted by atomic mass is 32.2. The second-order valence-corrected chi connectivity index (χ2v) is 10.6. The van der Waals surface area contributed by atoms with Crippen LogP contribution in [0.4, 0.5) is 15.8 Å². The Balaban J connectivity index is 1.15. The van der Waals surface area contributed by atoms with Gasteiger partial charge in [0, 0.05) is 44.0 Å². The van der Waals surface area contributed by atoms with Gasteiger partial charge in [-0.3, -0.25) is 14.4 Å². The molecule has 8 nitrogen and oxygen atoms in total. The van der Waals surface area contributed by atoms with Crippen LogP contribution >= 0.6 is 0 Å². The molecule has 0 aliphatic carbocycles. The number of unbranched alkanes of at least 4 members (excludes halogenated alkanes) is 1. The molecule has 2 aromatic carbocycles. The number of nitrogens with one attached hydrogen (secondary N) is 2. The third-order valence-electron chi connectivity index (χ3n) is 6.05. The summed E-state index contributed by atoms with van der Waals surface area (Å²) in [6, 6.07) is 11.7. The Morgan fingerprint density at radius 1 is 1.09 bits per heavy atom. The minimum Gasteiger partial charge on any atom is -0.488 e. The van der Waals surface area contributed by atoms with Gasteiger partial charge in [-0.1, -0.05) is 6.07 Å². The quantitative estimate of drug-likeness (QED) is 0.513. The first-order chi connectivity index (χ1) is 16.8. The first kappa shape index (κ1) is 25.0. The summed E-state index contributed by atoms with van der Waals surface area (Å²) in [4.78, 5) is 17.1. The van der Waals surface area contributed by atoms with Crippen LogP contribution in [0.25, 0.3) is 6.08 Å². The monoisotopic (exact) mass is 502 g/mol. The van der Waals surface area contributed by atoms with Crippen LogP contribution in [0.5, 0.6) is 5.75 Å². The minimum absolute atomic E-state index is 0.180. The lowest BCUT2D eigenvalue weighted by atomic mass is 10.1. The van der Waals surface area contributed by atoms with Crippen molar-refractivity contribution in [1.29, 1.82) is 0 Å². The van der Waals surface area contributed by atoms with Crippen molar-refractivity contribution < 1.29 is 22.3 Å². The van der Waals surface area contributed by atoms with Gasteiger partial charge >= 0.3 is 0 Å². The van der Waals surface area contributed by atoms with Gasteiger partial charge in [0.2, 0.25) is 10.0 Å². The lowest BCUT2D eigenvalue weighted by Gasteiger charge is -2.36. The van der Waals surface area contributed by atoms with Gasteiger partial charge in [-0.05, 0) is 61.9 Å². The molecule has 35 heavy (non-hydrogen) atoms. The van der Waals surface area contributed by atoms with E-state index in [0.717, 1.165) is 57.5 Å². The highest BCUT2D eigenvalue weighted by Gasteiger charge is 2.19. The molecule has 2 aliphatic rings. The number of amides is 1. The largest absolute Gasteiger partial charge is 0.488 e. The number of halogens is 1. The molecule has 10 heteroatoms. The van der Waals surface area contributed by atoms with Gasteiger partial charge in [-0.25, -0.2) is 12.8 Å². The average Bonchev–Trinajstić information content (AvgIpc) is 2.82. The van der Waals surface area contributed by atoms with Crippen LogP contribution in [0.15, 0.2) is 48.0 Å². The molecule has 1 saturated heterocycles. The van der Waals surface area contributed by atoms with Crippen molar-refractivity contribution in [3.05, 3.63) is 59.4 Å². The number of ether oxygens (including phenoxy) is 1. The van der Waals surface area contributed by atoms with Crippen LogP contribution in [-0.2, 0) is 14.8 Å². The van der Waals surface area contributed by atoms with Crippen LogP contribution < -0.4 is 19.7 Å². The van der Waals surface area contributed by atoms with E-state index in [1.807, 2.05) is 18.2 Å². The highest BCUT2D eigenvalue weighted by molar-refractivity contribution is 7.92. The van der Waals surface area contributed by atoms with E-state index in [1.165, 1.54) is 12.1 Å². The molecule has 0 aromatic heterocycles. The molecule has 0 saturated carbocycles. The maximum absolute atomic E-state index is 13.4. The van der Waals surface area contributed by atoms with Crippen LogP contribution in [0.1, 0.15) is 18.4 Å². The number of anilines is 2. The maximum atomic E-state index is 13.4. The van der Waals surface area contributed by atoms with Crippen molar-refractivity contribution in [3.63, 3.8) is 0 Å². The maximum Gasteiger partial charge on any atom is 0.250 e. The van der Waals surface area contributed by atoms with Crippen molar-refractivity contribution in [2.75, 3.05) is 61.8 Å². The van der Waals surface area contributed by atoms with Gasteiger partial charge in [0.25, 0.3) is 5.91 Å². The predicted octanol–water partition coefficient (Wildman–Crippen LogP) is 2.69.